The second-order valence-corrected chi connectivity index (χ2v) is 7.56. The molecule has 1 aromatic carbocycles. The third-order valence-electron chi connectivity index (χ3n) is 5.21. The van der Waals surface area contributed by atoms with Gasteiger partial charge in [-0.15, -0.1) is 10.2 Å². The van der Waals surface area contributed by atoms with Crippen LogP contribution in [-0.2, 0) is 0 Å². The minimum Gasteiger partial charge on any atom is -0.351 e. The molecule has 28 heavy (non-hydrogen) atoms. The molecule has 4 heterocycles. The Balaban J connectivity index is 1.59. The third kappa shape index (κ3) is 2.80. The number of carbonyl (C=O) groups excluding carboxylic acids is 1. The van der Waals surface area contributed by atoms with Gasteiger partial charge in [0.25, 0.3) is 5.91 Å². The van der Waals surface area contributed by atoms with E-state index in [1.165, 1.54) is 11.8 Å². The molecule has 1 N–H and O–H groups in total. The van der Waals surface area contributed by atoms with Crippen LogP contribution in [0.4, 0.5) is 11.5 Å². The number of aromatic amines is 1. The molecule has 1 saturated heterocycles. The van der Waals surface area contributed by atoms with Crippen molar-refractivity contribution in [3.8, 4) is 11.4 Å². The predicted octanol–water partition coefficient (Wildman–Crippen LogP) is 2.01. The fraction of sp³-hybridized carbons (Fsp3) is 0.333. The number of aromatic nitrogens is 6. The van der Waals surface area contributed by atoms with E-state index in [0.717, 1.165) is 36.5 Å². The van der Waals surface area contributed by atoms with E-state index in [1.54, 1.807) is 6.20 Å². The fourth-order valence-corrected chi connectivity index (χ4v) is 4.22. The van der Waals surface area contributed by atoms with E-state index in [0.29, 0.717) is 23.1 Å². The van der Waals surface area contributed by atoms with Crippen molar-refractivity contribution < 1.29 is 4.79 Å². The molecule has 0 saturated carbocycles. The lowest BCUT2D eigenvalue weighted by molar-refractivity contribution is 0.0988. The van der Waals surface area contributed by atoms with Crippen LogP contribution in [0.25, 0.3) is 11.4 Å². The Hall–Kier alpha value is -3.01. The zero-order chi connectivity index (χ0) is 19.1. The van der Waals surface area contributed by atoms with Crippen LogP contribution >= 0.6 is 11.8 Å². The highest BCUT2D eigenvalue weighted by Crippen LogP contribution is 2.34. The van der Waals surface area contributed by atoms with Gasteiger partial charge in [0.15, 0.2) is 5.16 Å². The molecule has 2 aliphatic rings. The SMILES string of the molecule is CSc1ncc2c(n1)N1CCC[C@H]1CN(c1cccc(-c3nn[nH]n3)c1)C2=O. The summed E-state index contributed by atoms with van der Waals surface area (Å²) in [6.07, 6.45) is 5.73. The van der Waals surface area contributed by atoms with E-state index >= 15 is 0 Å². The number of carbonyl (C=O) groups is 1. The maximum Gasteiger partial charge on any atom is 0.263 e. The van der Waals surface area contributed by atoms with Gasteiger partial charge >= 0.3 is 0 Å². The molecule has 2 aliphatic heterocycles. The van der Waals surface area contributed by atoms with E-state index in [2.05, 4.69) is 35.5 Å². The number of hydrogen-bond acceptors (Lipinski definition) is 8. The van der Waals surface area contributed by atoms with Gasteiger partial charge in [-0.2, -0.15) is 5.21 Å². The quantitative estimate of drug-likeness (QED) is 0.531. The number of hydrogen-bond donors (Lipinski definition) is 1. The lowest BCUT2D eigenvalue weighted by atomic mass is 10.1. The van der Waals surface area contributed by atoms with Gasteiger partial charge in [-0.1, -0.05) is 23.9 Å². The molecule has 0 unspecified atom stereocenters. The molecule has 1 amide bonds. The van der Waals surface area contributed by atoms with Crippen LogP contribution in [0.5, 0.6) is 0 Å². The van der Waals surface area contributed by atoms with Crippen molar-refractivity contribution in [1.82, 2.24) is 30.6 Å². The van der Waals surface area contributed by atoms with Crippen LogP contribution in [0.15, 0.2) is 35.6 Å². The number of thioether (sulfide) groups is 1. The molecule has 142 valence electrons. The summed E-state index contributed by atoms with van der Waals surface area (Å²) in [5.41, 5.74) is 2.16. The zero-order valence-electron chi connectivity index (χ0n) is 15.2. The zero-order valence-corrected chi connectivity index (χ0v) is 16.1. The van der Waals surface area contributed by atoms with Crippen molar-refractivity contribution in [2.75, 3.05) is 29.1 Å². The predicted molar refractivity (Wildman–Crippen MR) is 105 cm³/mol. The maximum atomic E-state index is 13.4. The van der Waals surface area contributed by atoms with Gasteiger partial charge in [0.2, 0.25) is 5.82 Å². The van der Waals surface area contributed by atoms with E-state index < -0.39 is 0 Å². The topological polar surface area (TPSA) is 104 Å². The van der Waals surface area contributed by atoms with E-state index in [9.17, 15) is 4.79 Å². The van der Waals surface area contributed by atoms with Gasteiger partial charge in [0.1, 0.15) is 11.4 Å². The molecule has 10 heteroatoms. The highest BCUT2D eigenvalue weighted by molar-refractivity contribution is 7.98. The Labute approximate surface area is 165 Å². The summed E-state index contributed by atoms with van der Waals surface area (Å²) in [6, 6.07) is 7.90. The number of fused-ring (bicyclic) bond motifs is 3. The number of nitrogens with one attached hydrogen (secondary N) is 1. The fourth-order valence-electron chi connectivity index (χ4n) is 3.89. The number of benzene rings is 1. The van der Waals surface area contributed by atoms with Crippen LogP contribution in [-0.4, -0.2) is 61.9 Å². The molecule has 2 aromatic heterocycles. The maximum absolute atomic E-state index is 13.4. The number of amides is 1. The smallest absolute Gasteiger partial charge is 0.263 e. The average Bonchev–Trinajstić information content (AvgIpc) is 3.41. The Morgan fingerprint density at radius 1 is 1.32 bits per heavy atom. The van der Waals surface area contributed by atoms with Gasteiger partial charge < -0.3 is 9.80 Å². The van der Waals surface area contributed by atoms with Crippen LogP contribution < -0.4 is 9.80 Å². The van der Waals surface area contributed by atoms with Crippen molar-refractivity contribution in [1.29, 1.82) is 0 Å². The normalized spacial score (nSPS) is 18.8. The molecule has 0 spiro atoms. The summed E-state index contributed by atoms with van der Waals surface area (Å²) >= 11 is 1.48. The second-order valence-electron chi connectivity index (χ2n) is 6.78. The molecule has 0 radical (unpaired) electrons. The third-order valence-corrected chi connectivity index (χ3v) is 5.77. The molecule has 9 nitrogen and oxygen atoms in total. The van der Waals surface area contributed by atoms with Crippen molar-refractivity contribution in [2.24, 2.45) is 0 Å². The first kappa shape index (κ1) is 17.1. The lowest BCUT2D eigenvalue weighted by Crippen LogP contribution is -2.39. The summed E-state index contributed by atoms with van der Waals surface area (Å²) < 4.78 is 0. The molecule has 1 atom stereocenters. The van der Waals surface area contributed by atoms with Gasteiger partial charge in [-0.3, -0.25) is 4.79 Å². The molecular formula is C18H18N8OS. The first-order chi connectivity index (χ1) is 13.7. The summed E-state index contributed by atoms with van der Waals surface area (Å²) in [5.74, 6) is 1.17. The minimum absolute atomic E-state index is 0.0812. The van der Waals surface area contributed by atoms with Crippen molar-refractivity contribution in [3.63, 3.8) is 0 Å². The number of rotatable bonds is 3. The molecular weight excluding hydrogens is 376 g/mol. The van der Waals surface area contributed by atoms with Gasteiger partial charge in [0.05, 0.1) is 0 Å². The van der Waals surface area contributed by atoms with E-state index in [4.69, 9.17) is 0 Å². The van der Waals surface area contributed by atoms with E-state index in [1.807, 2.05) is 35.4 Å². The Kier molecular flexibility index (Phi) is 4.19. The van der Waals surface area contributed by atoms with Gasteiger partial charge in [-0.25, -0.2) is 9.97 Å². The van der Waals surface area contributed by atoms with Crippen LogP contribution in [0.2, 0.25) is 0 Å². The minimum atomic E-state index is -0.0812. The largest absolute Gasteiger partial charge is 0.351 e. The Morgan fingerprint density at radius 2 is 2.25 bits per heavy atom. The van der Waals surface area contributed by atoms with Crippen molar-refractivity contribution in [3.05, 3.63) is 36.0 Å². The highest BCUT2D eigenvalue weighted by atomic mass is 32.2. The number of nitrogens with zero attached hydrogens (tertiary/aromatic N) is 7. The van der Waals surface area contributed by atoms with Crippen LogP contribution in [0, 0.1) is 0 Å². The first-order valence-electron chi connectivity index (χ1n) is 9.08. The standard InChI is InChI=1S/C18H18N8OS/c1-28-18-19-9-14-16(20-18)25-7-3-6-13(25)10-26(17(14)27)12-5-2-4-11(8-12)15-21-23-24-22-15/h2,4-5,8-9,13H,3,6-7,10H2,1H3,(H,21,22,23,24)/t13-/m0/s1. The number of H-pyrrole nitrogens is 1. The van der Waals surface area contributed by atoms with Crippen molar-refractivity contribution in [2.45, 2.75) is 24.0 Å². The first-order valence-corrected chi connectivity index (χ1v) is 10.3. The summed E-state index contributed by atoms with van der Waals surface area (Å²) in [4.78, 5) is 26.5. The lowest BCUT2D eigenvalue weighted by Gasteiger charge is -2.27. The molecule has 0 aliphatic carbocycles. The average molecular weight is 394 g/mol. The Bertz CT molecular complexity index is 1020. The second kappa shape index (κ2) is 6.86. The summed E-state index contributed by atoms with van der Waals surface area (Å²) in [7, 11) is 0. The monoisotopic (exact) mass is 394 g/mol. The van der Waals surface area contributed by atoms with Gasteiger partial charge in [0, 0.05) is 36.6 Å². The number of anilines is 2. The summed E-state index contributed by atoms with van der Waals surface area (Å²) in [5, 5.41) is 14.8. The van der Waals surface area contributed by atoms with E-state index in [-0.39, 0.29) is 11.9 Å². The molecule has 3 aromatic rings. The van der Waals surface area contributed by atoms with Crippen molar-refractivity contribution >= 4 is 29.2 Å². The highest BCUT2D eigenvalue weighted by Gasteiger charge is 2.37. The molecule has 0 bridgehead atoms. The summed E-state index contributed by atoms with van der Waals surface area (Å²) in [6.45, 7) is 1.52. The molecule has 1 fully saturated rings. The van der Waals surface area contributed by atoms with Crippen LogP contribution in [0.1, 0.15) is 23.2 Å². The Morgan fingerprint density at radius 3 is 3.07 bits per heavy atom. The van der Waals surface area contributed by atoms with Gasteiger partial charge in [-0.05, 0) is 36.4 Å². The molecule has 5 rings (SSSR count). The number of tetrazole rings is 1. The van der Waals surface area contributed by atoms with Crippen LogP contribution in [0.3, 0.4) is 0 Å².